The van der Waals surface area contributed by atoms with Crippen LogP contribution in [0.4, 0.5) is 18.9 Å². The number of aliphatic imine (C=N–C) groups is 1. The molecule has 128 valence electrons. The number of nitrogens with zero attached hydrogens (tertiary/aromatic N) is 2. The first-order valence-corrected chi connectivity index (χ1v) is 6.88. The van der Waals surface area contributed by atoms with Gasteiger partial charge in [0.25, 0.3) is 0 Å². The van der Waals surface area contributed by atoms with Crippen molar-refractivity contribution in [3.63, 3.8) is 0 Å². The molecule has 0 amide bonds. The van der Waals surface area contributed by atoms with Crippen LogP contribution >= 0.6 is 0 Å². The Labute approximate surface area is 136 Å². The van der Waals surface area contributed by atoms with Crippen molar-refractivity contribution in [3.8, 4) is 11.5 Å². The van der Waals surface area contributed by atoms with E-state index in [9.17, 15) is 13.2 Å². The molecule has 0 saturated heterocycles. The molecular weight excluding hydrogens is 325 g/mol. The predicted octanol–water partition coefficient (Wildman–Crippen LogP) is 2.79. The second-order valence-corrected chi connectivity index (χ2v) is 4.50. The van der Waals surface area contributed by atoms with Crippen molar-refractivity contribution >= 4 is 11.6 Å². The zero-order valence-corrected chi connectivity index (χ0v) is 12.5. The van der Waals surface area contributed by atoms with Crippen LogP contribution in [0.3, 0.4) is 0 Å². The summed E-state index contributed by atoms with van der Waals surface area (Å²) in [6.45, 7) is 0.620. The van der Waals surface area contributed by atoms with Crippen molar-refractivity contribution in [1.82, 2.24) is 4.98 Å². The molecule has 0 aliphatic heterocycles. The van der Waals surface area contributed by atoms with Crippen LogP contribution in [0.2, 0.25) is 0 Å². The van der Waals surface area contributed by atoms with Crippen LogP contribution in [-0.2, 0) is 0 Å². The van der Waals surface area contributed by atoms with Crippen molar-refractivity contribution in [1.29, 1.82) is 0 Å². The van der Waals surface area contributed by atoms with Crippen LogP contribution in [-0.4, -0.2) is 30.5 Å². The minimum absolute atomic E-state index is 0.120. The van der Waals surface area contributed by atoms with Crippen molar-refractivity contribution in [2.24, 2.45) is 10.7 Å². The fourth-order valence-electron chi connectivity index (χ4n) is 1.69. The number of benzene rings is 1. The molecule has 6 nitrogen and oxygen atoms in total. The van der Waals surface area contributed by atoms with E-state index in [2.05, 4.69) is 20.0 Å². The first-order chi connectivity index (χ1) is 11.4. The highest BCUT2D eigenvalue weighted by Crippen LogP contribution is 2.23. The number of hydrogen-bond donors (Lipinski definition) is 2. The number of hydrogen-bond acceptors (Lipinski definition) is 4. The number of pyridine rings is 1. The summed E-state index contributed by atoms with van der Waals surface area (Å²) in [5.41, 5.74) is 6.17. The van der Waals surface area contributed by atoms with E-state index in [1.165, 1.54) is 24.3 Å². The van der Waals surface area contributed by atoms with Gasteiger partial charge >= 0.3 is 6.36 Å². The Bertz CT molecular complexity index is 661. The molecule has 0 unspecified atom stereocenters. The number of alkyl halides is 3. The zero-order valence-electron chi connectivity index (χ0n) is 12.5. The maximum Gasteiger partial charge on any atom is 0.573 e. The summed E-state index contributed by atoms with van der Waals surface area (Å²) in [6, 6.07) is 8.66. The lowest BCUT2D eigenvalue weighted by Gasteiger charge is -2.10. The van der Waals surface area contributed by atoms with E-state index in [4.69, 9.17) is 10.5 Å². The first kappa shape index (κ1) is 17.4. The number of aromatic nitrogens is 1. The summed E-state index contributed by atoms with van der Waals surface area (Å²) < 4.78 is 45.3. The minimum Gasteiger partial charge on any atom is -0.490 e. The van der Waals surface area contributed by atoms with Crippen LogP contribution in [0.5, 0.6) is 11.5 Å². The minimum atomic E-state index is -4.72. The van der Waals surface area contributed by atoms with E-state index in [1.807, 2.05) is 0 Å². The molecule has 0 atom stereocenters. The smallest absolute Gasteiger partial charge is 0.490 e. The van der Waals surface area contributed by atoms with Crippen LogP contribution in [0, 0.1) is 0 Å². The van der Waals surface area contributed by atoms with Gasteiger partial charge in [-0.3, -0.25) is 4.98 Å². The van der Waals surface area contributed by atoms with Gasteiger partial charge in [0.2, 0.25) is 0 Å². The van der Waals surface area contributed by atoms with Gasteiger partial charge in [0, 0.05) is 11.9 Å². The zero-order chi connectivity index (χ0) is 17.4. The Hall–Kier alpha value is -2.97. The van der Waals surface area contributed by atoms with Gasteiger partial charge in [0.1, 0.15) is 18.1 Å². The molecule has 0 aliphatic carbocycles. The molecule has 2 aromatic rings. The van der Waals surface area contributed by atoms with Crippen molar-refractivity contribution < 1.29 is 22.6 Å². The molecule has 1 aromatic carbocycles. The number of rotatable bonds is 6. The molecule has 1 heterocycles. The molecule has 0 aliphatic rings. The third-order valence-electron chi connectivity index (χ3n) is 2.64. The Balaban J connectivity index is 1.77. The summed E-state index contributed by atoms with van der Waals surface area (Å²) in [4.78, 5) is 7.95. The molecule has 9 heteroatoms. The molecule has 24 heavy (non-hydrogen) atoms. The van der Waals surface area contributed by atoms with Gasteiger partial charge in [-0.2, -0.15) is 0 Å². The Morgan fingerprint density at radius 1 is 1.17 bits per heavy atom. The van der Waals surface area contributed by atoms with Crippen molar-refractivity contribution in [2.45, 2.75) is 6.36 Å². The fraction of sp³-hybridized carbons (Fsp3) is 0.200. The number of ether oxygens (including phenoxy) is 2. The van der Waals surface area contributed by atoms with Gasteiger partial charge in [-0.15, -0.1) is 13.2 Å². The second kappa shape index (κ2) is 8.04. The van der Waals surface area contributed by atoms with E-state index in [0.29, 0.717) is 24.6 Å². The van der Waals surface area contributed by atoms with Crippen LogP contribution in [0.1, 0.15) is 0 Å². The molecule has 0 bridgehead atoms. The maximum atomic E-state index is 12.1. The normalized spacial score (nSPS) is 11.9. The Morgan fingerprint density at radius 3 is 2.54 bits per heavy atom. The summed E-state index contributed by atoms with van der Waals surface area (Å²) >= 11 is 0. The molecule has 0 fully saturated rings. The van der Waals surface area contributed by atoms with E-state index in [-0.39, 0.29) is 11.7 Å². The van der Waals surface area contributed by atoms with Gasteiger partial charge in [0.15, 0.2) is 5.96 Å². The van der Waals surface area contributed by atoms with Gasteiger partial charge in [-0.05, 0) is 36.4 Å². The fourth-order valence-corrected chi connectivity index (χ4v) is 1.69. The molecule has 1 aromatic heterocycles. The quantitative estimate of drug-likeness (QED) is 0.480. The molecule has 2 rings (SSSR count). The Morgan fingerprint density at radius 2 is 1.92 bits per heavy atom. The summed E-state index contributed by atoms with van der Waals surface area (Å²) in [5.74, 6) is 0.433. The Kier molecular flexibility index (Phi) is 5.83. The van der Waals surface area contributed by atoms with E-state index >= 15 is 0 Å². The second-order valence-electron chi connectivity index (χ2n) is 4.50. The number of guanidine groups is 1. The van der Waals surface area contributed by atoms with Gasteiger partial charge in [-0.1, -0.05) is 0 Å². The first-order valence-electron chi connectivity index (χ1n) is 6.88. The van der Waals surface area contributed by atoms with E-state index < -0.39 is 6.36 Å². The topological polar surface area (TPSA) is 81.8 Å². The monoisotopic (exact) mass is 340 g/mol. The lowest BCUT2D eigenvalue weighted by Crippen LogP contribution is -2.23. The average Bonchev–Trinajstić information content (AvgIpc) is 2.53. The number of nitrogens with one attached hydrogen (secondary N) is 1. The lowest BCUT2D eigenvalue weighted by molar-refractivity contribution is -0.274. The molecule has 0 saturated carbocycles. The standard InChI is InChI=1S/C15H15F3N4O2/c16-15(17,18)24-12-5-3-11(4-6-12)22-14(19)21-8-9-23-13-2-1-7-20-10-13/h1-7,10H,8-9H2,(H3,19,21,22). The van der Waals surface area contributed by atoms with Crippen LogP contribution < -0.4 is 20.5 Å². The van der Waals surface area contributed by atoms with E-state index in [1.54, 1.807) is 24.5 Å². The van der Waals surface area contributed by atoms with Gasteiger partial charge < -0.3 is 20.5 Å². The third kappa shape index (κ3) is 6.42. The number of anilines is 1. The van der Waals surface area contributed by atoms with Gasteiger partial charge in [-0.25, -0.2) is 4.99 Å². The van der Waals surface area contributed by atoms with Crippen molar-refractivity contribution in [2.75, 3.05) is 18.5 Å². The van der Waals surface area contributed by atoms with Crippen LogP contribution in [0.15, 0.2) is 53.8 Å². The predicted molar refractivity (Wildman–Crippen MR) is 83.0 cm³/mol. The van der Waals surface area contributed by atoms with E-state index in [0.717, 1.165) is 0 Å². The lowest BCUT2D eigenvalue weighted by atomic mass is 10.3. The molecule has 0 spiro atoms. The maximum absolute atomic E-state index is 12.1. The molecule has 3 N–H and O–H groups in total. The summed E-state index contributed by atoms with van der Waals surface area (Å²) in [7, 11) is 0. The average molecular weight is 340 g/mol. The highest BCUT2D eigenvalue weighted by Gasteiger charge is 2.30. The molecular formula is C15H15F3N4O2. The van der Waals surface area contributed by atoms with Crippen molar-refractivity contribution in [3.05, 3.63) is 48.8 Å². The largest absolute Gasteiger partial charge is 0.573 e. The number of halogens is 3. The summed E-state index contributed by atoms with van der Waals surface area (Å²) in [6.07, 6.45) is -1.50. The number of nitrogens with two attached hydrogens (primary N) is 1. The highest BCUT2D eigenvalue weighted by molar-refractivity contribution is 5.92. The SMILES string of the molecule is NC(=NCCOc1cccnc1)Nc1ccc(OC(F)(F)F)cc1. The molecule has 0 radical (unpaired) electrons. The highest BCUT2D eigenvalue weighted by atomic mass is 19.4. The third-order valence-corrected chi connectivity index (χ3v) is 2.64. The van der Waals surface area contributed by atoms with Gasteiger partial charge in [0.05, 0.1) is 12.7 Å². The summed E-state index contributed by atoms with van der Waals surface area (Å²) in [5, 5.41) is 2.75. The van der Waals surface area contributed by atoms with Crippen LogP contribution in [0.25, 0.3) is 0 Å².